The number of benzene rings is 1. The summed E-state index contributed by atoms with van der Waals surface area (Å²) in [5.74, 6) is 0.294. The average molecular weight is 208 g/mol. The first kappa shape index (κ1) is 9.49. The van der Waals surface area contributed by atoms with E-state index in [1.807, 2.05) is 18.4 Å². The number of aliphatic hydroxyl groups excluding tert-OH is 1. The summed E-state index contributed by atoms with van der Waals surface area (Å²) in [6.07, 6.45) is 0.746. The van der Waals surface area contributed by atoms with E-state index in [0.29, 0.717) is 5.75 Å². The molecule has 0 atom stereocenters. The van der Waals surface area contributed by atoms with Crippen LogP contribution in [0.2, 0.25) is 0 Å². The van der Waals surface area contributed by atoms with Crippen LogP contribution in [-0.2, 0) is 13.0 Å². The second-order valence-electron chi connectivity index (χ2n) is 3.20. The highest BCUT2D eigenvalue weighted by Crippen LogP contribution is 2.33. The minimum atomic E-state index is -0.00537. The molecule has 2 nitrogen and oxygen atoms in total. The Hall–Kier alpha value is -1.06. The van der Waals surface area contributed by atoms with Gasteiger partial charge in [0.25, 0.3) is 0 Å². The van der Waals surface area contributed by atoms with Crippen LogP contribution in [0.4, 0.5) is 0 Å². The van der Waals surface area contributed by atoms with Crippen LogP contribution in [0.1, 0.15) is 18.1 Å². The topological polar surface area (TPSA) is 40.5 Å². The molecule has 0 unspecified atom stereocenters. The largest absolute Gasteiger partial charge is 0.508 e. The van der Waals surface area contributed by atoms with Gasteiger partial charge in [0.05, 0.1) is 6.61 Å². The zero-order valence-corrected chi connectivity index (χ0v) is 8.77. The predicted molar refractivity (Wildman–Crippen MR) is 58.8 cm³/mol. The standard InChI is InChI=1S/C11H12O2S/c1-2-8-9(6-12)11-7(3-4-14-11)5-10(8)13/h3-5,12-13H,2,6H2,1H3. The van der Waals surface area contributed by atoms with Crippen molar-refractivity contribution < 1.29 is 10.2 Å². The molecule has 0 bridgehead atoms. The van der Waals surface area contributed by atoms with Gasteiger partial charge in [0, 0.05) is 15.8 Å². The van der Waals surface area contributed by atoms with Gasteiger partial charge in [-0.3, -0.25) is 0 Å². The van der Waals surface area contributed by atoms with Gasteiger partial charge >= 0.3 is 0 Å². The van der Waals surface area contributed by atoms with E-state index in [1.165, 1.54) is 0 Å². The van der Waals surface area contributed by atoms with Crippen molar-refractivity contribution in [1.82, 2.24) is 0 Å². The number of phenolic OH excluding ortho intramolecular Hbond substituents is 1. The minimum Gasteiger partial charge on any atom is -0.508 e. The molecule has 0 radical (unpaired) electrons. The van der Waals surface area contributed by atoms with E-state index in [4.69, 9.17) is 0 Å². The summed E-state index contributed by atoms with van der Waals surface area (Å²) in [5, 5.41) is 22.0. The number of hydrogen-bond donors (Lipinski definition) is 2. The van der Waals surface area contributed by atoms with Gasteiger partial charge in [-0.1, -0.05) is 6.92 Å². The van der Waals surface area contributed by atoms with E-state index >= 15 is 0 Å². The van der Waals surface area contributed by atoms with E-state index in [2.05, 4.69) is 0 Å². The number of fused-ring (bicyclic) bond motifs is 1. The normalized spacial score (nSPS) is 11.0. The Kier molecular flexibility index (Phi) is 2.44. The second-order valence-corrected chi connectivity index (χ2v) is 4.12. The lowest BCUT2D eigenvalue weighted by Gasteiger charge is -2.08. The van der Waals surface area contributed by atoms with Crippen LogP contribution in [0.3, 0.4) is 0 Å². The first-order valence-electron chi connectivity index (χ1n) is 4.59. The van der Waals surface area contributed by atoms with Crippen LogP contribution in [0.25, 0.3) is 10.1 Å². The molecule has 0 saturated heterocycles. The molecule has 1 heterocycles. The lowest BCUT2D eigenvalue weighted by Crippen LogP contribution is -1.93. The fraction of sp³-hybridized carbons (Fsp3) is 0.273. The SMILES string of the molecule is CCc1c(O)cc2ccsc2c1CO. The summed E-state index contributed by atoms with van der Waals surface area (Å²) < 4.78 is 1.09. The molecule has 3 heteroatoms. The van der Waals surface area contributed by atoms with E-state index in [0.717, 1.165) is 27.6 Å². The third-order valence-electron chi connectivity index (χ3n) is 2.45. The number of hydrogen-bond acceptors (Lipinski definition) is 3. The number of phenols is 1. The van der Waals surface area contributed by atoms with Crippen LogP contribution in [0, 0.1) is 0 Å². The van der Waals surface area contributed by atoms with Gasteiger partial charge < -0.3 is 10.2 Å². The molecule has 2 N–H and O–H groups in total. The van der Waals surface area contributed by atoms with Crippen LogP contribution < -0.4 is 0 Å². The van der Waals surface area contributed by atoms with Crippen molar-refractivity contribution in [1.29, 1.82) is 0 Å². The first-order chi connectivity index (χ1) is 6.77. The lowest BCUT2D eigenvalue weighted by atomic mass is 10.0. The average Bonchev–Trinajstić information content (AvgIpc) is 2.62. The summed E-state index contributed by atoms with van der Waals surface area (Å²) in [7, 11) is 0. The number of aliphatic hydroxyl groups is 1. The van der Waals surface area contributed by atoms with Crippen molar-refractivity contribution >= 4 is 21.4 Å². The van der Waals surface area contributed by atoms with Crippen LogP contribution in [0.15, 0.2) is 17.5 Å². The third-order valence-corrected chi connectivity index (χ3v) is 3.44. The van der Waals surface area contributed by atoms with Crippen molar-refractivity contribution in [3.05, 3.63) is 28.6 Å². The van der Waals surface area contributed by atoms with Gasteiger partial charge in [0.2, 0.25) is 0 Å². The quantitative estimate of drug-likeness (QED) is 0.796. The zero-order valence-electron chi connectivity index (χ0n) is 7.95. The highest BCUT2D eigenvalue weighted by Gasteiger charge is 2.11. The summed E-state index contributed by atoms with van der Waals surface area (Å²) in [5.41, 5.74) is 1.74. The van der Waals surface area contributed by atoms with E-state index in [9.17, 15) is 10.2 Å². The smallest absolute Gasteiger partial charge is 0.119 e. The van der Waals surface area contributed by atoms with Crippen LogP contribution in [-0.4, -0.2) is 10.2 Å². The Bertz CT molecular complexity index is 460. The maximum atomic E-state index is 9.73. The van der Waals surface area contributed by atoms with Gasteiger partial charge in [0.15, 0.2) is 0 Å². The zero-order chi connectivity index (χ0) is 10.1. The molecular weight excluding hydrogens is 196 g/mol. The summed E-state index contributed by atoms with van der Waals surface area (Å²) in [6, 6.07) is 3.72. The monoisotopic (exact) mass is 208 g/mol. The van der Waals surface area contributed by atoms with E-state index in [-0.39, 0.29) is 6.61 Å². The molecule has 74 valence electrons. The Morgan fingerprint density at radius 1 is 1.36 bits per heavy atom. The summed E-state index contributed by atoms with van der Waals surface area (Å²) in [4.78, 5) is 0. The third kappa shape index (κ3) is 1.29. The van der Waals surface area contributed by atoms with Crippen molar-refractivity contribution in [2.75, 3.05) is 0 Å². The number of aromatic hydroxyl groups is 1. The lowest BCUT2D eigenvalue weighted by molar-refractivity contribution is 0.281. The Morgan fingerprint density at radius 2 is 2.14 bits per heavy atom. The van der Waals surface area contributed by atoms with Crippen LogP contribution >= 0.6 is 11.3 Å². The van der Waals surface area contributed by atoms with Crippen molar-refractivity contribution in [2.24, 2.45) is 0 Å². The first-order valence-corrected chi connectivity index (χ1v) is 5.47. The molecule has 1 aromatic heterocycles. The Morgan fingerprint density at radius 3 is 2.79 bits per heavy atom. The molecule has 0 aliphatic heterocycles. The fourth-order valence-electron chi connectivity index (χ4n) is 1.77. The van der Waals surface area contributed by atoms with Crippen molar-refractivity contribution in [2.45, 2.75) is 20.0 Å². The van der Waals surface area contributed by atoms with Crippen molar-refractivity contribution in [3.8, 4) is 5.75 Å². The van der Waals surface area contributed by atoms with Gasteiger partial charge in [-0.2, -0.15) is 0 Å². The van der Waals surface area contributed by atoms with Gasteiger partial charge in [0.1, 0.15) is 5.75 Å². The van der Waals surface area contributed by atoms with Crippen molar-refractivity contribution in [3.63, 3.8) is 0 Å². The van der Waals surface area contributed by atoms with E-state index < -0.39 is 0 Å². The maximum Gasteiger partial charge on any atom is 0.119 e. The molecule has 0 spiro atoms. The van der Waals surface area contributed by atoms with E-state index in [1.54, 1.807) is 17.4 Å². The Labute approximate surface area is 86.4 Å². The summed E-state index contributed by atoms with van der Waals surface area (Å²) >= 11 is 1.61. The highest BCUT2D eigenvalue weighted by atomic mass is 32.1. The molecule has 2 rings (SSSR count). The van der Waals surface area contributed by atoms with Crippen LogP contribution in [0.5, 0.6) is 5.75 Å². The molecule has 2 aromatic rings. The summed E-state index contributed by atoms with van der Waals surface area (Å²) in [6.45, 7) is 1.97. The molecule has 0 aliphatic carbocycles. The molecule has 0 saturated carbocycles. The molecule has 0 fully saturated rings. The molecule has 1 aromatic carbocycles. The molecular formula is C11H12O2S. The Balaban J connectivity index is 2.82. The molecule has 14 heavy (non-hydrogen) atoms. The predicted octanol–water partition coefficient (Wildman–Crippen LogP) is 2.66. The fourth-order valence-corrected chi connectivity index (χ4v) is 2.71. The maximum absolute atomic E-state index is 9.73. The highest BCUT2D eigenvalue weighted by molar-refractivity contribution is 7.17. The molecule has 0 aliphatic rings. The van der Waals surface area contributed by atoms with Gasteiger partial charge in [-0.05, 0) is 29.3 Å². The molecule has 0 amide bonds. The minimum absolute atomic E-state index is 0.00537. The number of thiophene rings is 1. The second kappa shape index (κ2) is 3.59. The van der Waals surface area contributed by atoms with Gasteiger partial charge in [-0.25, -0.2) is 0 Å². The number of rotatable bonds is 2. The van der Waals surface area contributed by atoms with Gasteiger partial charge in [-0.15, -0.1) is 11.3 Å².